The van der Waals surface area contributed by atoms with Crippen molar-refractivity contribution in [2.45, 2.75) is 38.7 Å². The van der Waals surface area contributed by atoms with Crippen molar-refractivity contribution in [1.29, 1.82) is 0 Å². The van der Waals surface area contributed by atoms with Crippen molar-refractivity contribution in [3.8, 4) is 0 Å². The number of amides is 1. The highest BCUT2D eigenvalue weighted by Crippen LogP contribution is 2.25. The van der Waals surface area contributed by atoms with Crippen LogP contribution in [0.3, 0.4) is 0 Å². The number of hydrogen-bond acceptors (Lipinski definition) is 2. The Hall–Kier alpha value is -1.51. The average Bonchev–Trinajstić information content (AvgIpc) is 2.30. The number of carbonyl (C=O) groups is 1. The van der Waals surface area contributed by atoms with Gasteiger partial charge in [0.25, 0.3) is 0 Å². The number of benzene rings is 1. The second kappa shape index (κ2) is 5.71. The molecule has 92 valence electrons. The molecule has 0 unspecified atom stereocenters. The first-order chi connectivity index (χ1) is 8.24. The smallest absolute Gasteiger partial charge is 0.411 e. The number of rotatable bonds is 2. The zero-order valence-electron chi connectivity index (χ0n) is 10.2. The number of para-hydroxylation sites is 1. The maximum absolute atomic E-state index is 11.7. The van der Waals surface area contributed by atoms with E-state index in [2.05, 4.69) is 12.2 Å². The van der Waals surface area contributed by atoms with E-state index in [1.165, 1.54) is 6.42 Å². The first kappa shape index (κ1) is 12.0. The lowest BCUT2D eigenvalue weighted by Crippen LogP contribution is -2.27. The molecule has 2 rings (SSSR count). The standard InChI is InChI=1S/C14H19NO2/c1-11-6-5-9-13(10-11)17-14(16)15-12-7-3-2-4-8-12/h2-4,7-8,11,13H,5-6,9-10H2,1H3,(H,15,16)/t11-,13-/m0/s1. The van der Waals surface area contributed by atoms with Gasteiger partial charge in [0.2, 0.25) is 0 Å². The maximum Gasteiger partial charge on any atom is 0.411 e. The van der Waals surface area contributed by atoms with Crippen molar-refractivity contribution < 1.29 is 9.53 Å². The van der Waals surface area contributed by atoms with Crippen LogP contribution in [0.25, 0.3) is 0 Å². The maximum atomic E-state index is 11.7. The first-order valence-corrected chi connectivity index (χ1v) is 6.26. The average molecular weight is 233 g/mol. The Morgan fingerprint density at radius 1 is 1.29 bits per heavy atom. The summed E-state index contributed by atoms with van der Waals surface area (Å²) in [4.78, 5) is 11.7. The molecule has 3 nitrogen and oxygen atoms in total. The van der Waals surface area contributed by atoms with Crippen molar-refractivity contribution in [2.75, 3.05) is 5.32 Å². The highest BCUT2D eigenvalue weighted by Gasteiger charge is 2.22. The zero-order valence-corrected chi connectivity index (χ0v) is 10.2. The normalized spacial score (nSPS) is 24.1. The molecule has 2 atom stereocenters. The summed E-state index contributed by atoms with van der Waals surface area (Å²) >= 11 is 0. The van der Waals surface area contributed by atoms with Crippen LogP contribution in [0.2, 0.25) is 0 Å². The molecule has 1 aliphatic carbocycles. The highest BCUT2D eigenvalue weighted by molar-refractivity contribution is 5.84. The van der Waals surface area contributed by atoms with E-state index in [9.17, 15) is 4.79 Å². The van der Waals surface area contributed by atoms with Gasteiger partial charge < -0.3 is 4.74 Å². The van der Waals surface area contributed by atoms with Crippen LogP contribution in [0, 0.1) is 5.92 Å². The SMILES string of the molecule is C[C@H]1CCC[C@H](OC(=O)Nc2ccccc2)C1. The Morgan fingerprint density at radius 3 is 2.76 bits per heavy atom. The van der Waals surface area contributed by atoms with Crippen molar-refractivity contribution >= 4 is 11.8 Å². The quantitative estimate of drug-likeness (QED) is 0.843. The van der Waals surface area contributed by atoms with Crippen LogP contribution >= 0.6 is 0 Å². The van der Waals surface area contributed by atoms with Gasteiger partial charge in [-0.15, -0.1) is 0 Å². The summed E-state index contributed by atoms with van der Waals surface area (Å²) in [6, 6.07) is 9.39. The molecule has 0 heterocycles. The van der Waals surface area contributed by atoms with E-state index < -0.39 is 0 Å². The molecule has 1 aromatic carbocycles. The third-order valence-corrected chi connectivity index (χ3v) is 3.18. The Morgan fingerprint density at radius 2 is 2.06 bits per heavy atom. The molecule has 0 bridgehead atoms. The third kappa shape index (κ3) is 3.77. The molecule has 1 saturated carbocycles. The van der Waals surface area contributed by atoms with Crippen molar-refractivity contribution in [2.24, 2.45) is 5.92 Å². The minimum atomic E-state index is -0.338. The van der Waals surface area contributed by atoms with Gasteiger partial charge in [-0.2, -0.15) is 0 Å². The van der Waals surface area contributed by atoms with Gasteiger partial charge in [0.15, 0.2) is 0 Å². The van der Waals surface area contributed by atoms with E-state index in [0.29, 0.717) is 5.92 Å². The predicted molar refractivity (Wildman–Crippen MR) is 68.0 cm³/mol. The van der Waals surface area contributed by atoms with Crippen LogP contribution < -0.4 is 5.32 Å². The fraction of sp³-hybridized carbons (Fsp3) is 0.500. The largest absolute Gasteiger partial charge is 0.446 e. The Labute approximate surface area is 102 Å². The summed E-state index contributed by atoms with van der Waals surface area (Å²) in [7, 11) is 0. The topological polar surface area (TPSA) is 38.3 Å². The van der Waals surface area contributed by atoms with Crippen LogP contribution in [-0.2, 0) is 4.74 Å². The van der Waals surface area contributed by atoms with Gasteiger partial charge in [-0.1, -0.05) is 31.5 Å². The monoisotopic (exact) mass is 233 g/mol. The van der Waals surface area contributed by atoms with E-state index in [0.717, 1.165) is 24.9 Å². The second-order valence-electron chi connectivity index (χ2n) is 4.79. The summed E-state index contributed by atoms with van der Waals surface area (Å²) in [6.07, 6.45) is 4.14. The molecular formula is C14H19NO2. The van der Waals surface area contributed by atoms with Crippen LogP contribution in [0.4, 0.5) is 10.5 Å². The molecule has 1 fully saturated rings. The summed E-state index contributed by atoms with van der Waals surface area (Å²) in [5.74, 6) is 0.665. The van der Waals surface area contributed by atoms with Crippen molar-refractivity contribution in [3.63, 3.8) is 0 Å². The molecular weight excluding hydrogens is 214 g/mol. The van der Waals surface area contributed by atoms with Crippen LogP contribution in [-0.4, -0.2) is 12.2 Å². The Bertz CT molecular complexity index is 364. The zero-order chi connectivity index (χ0) is 12.1. The van der Waals surface area contributed by atoms with Crippen molar-refractivity contribution in [1.82, 2.24) is 0 Å². The van der Waals surface area contributed by atoms with E-state index in [-0.39, 0.29) is 12.2 Å². The second-order valence-corrected chi connectivity index (χ2v) is 4.79. The van der Waals surface area contributed by atoms with Crippen LogP contribution in [0.1, 0.15) is 32.6 Å². The van der Waals surface area contributed by atoms with Gasteiger partial charge in [-0.05, 0) is 37.3 Å². The summed E-state index contributed by atoms with van der Waals surface area (Å²) < 4.78 is 5.42. The number of ether oxygens (including phenoxy) is 1. The molecule has 0 aliphatic heterocycles. The summed E-state index contributed by atoms with van der Waals surface area (Å²) in [5, 5.41) is 2.74. The summed E-state index contributed by atoms with van der Waals surface area (Å²) in [6.45, 7) is 2.21. The molecule has 1 N–H and O–H groups in total. The van der Waals surface area contributed by atoms with Gasteiger partial charge in [0.05, 0.1) is 0 Å². The van der Waals surface area contributed by atoms with Crippen LogP contribution in [0.15, 0.2) is 30.3 Å². The van der Waals surface area contributed by atoms with E-state index in [1.54, 1.807) is 0 Å². The molecule has 1 amide bonds. The van der Waals surface area contributed by atoms with Crippen LogP contribution in [0.5, 0.6) is 0 Å². The lowest BCUT2D eigenvalue weighted by molar-refractivity contribution is 0.0724. The lowest BCUT2D eigenvalue weighted by atomic mass is 9.89. The summed E-state index contributed by atoms with van der Waals surface area (Å²) in [5.41, 5.74) is 0.779. The van der Waals surface area contributed by atoms with E-state index in [4.69, 9.17) is 4.74 Å². The molecule has 0 radical (unpaired) electrons. The molecule has 0 spiro atoms. The number of carbonyl (C=O) groups excluding carboxylic acids is 1. The number of nitrogens with one attached hydrogen (secondary N) is 1. The fourth-order valence-corrected chi connectivity index (χ4v) is 2.31. The highest BCUT2D eigenvalue weighted by atomic mass is 16.6. The van der Waals surface area contributed by atoms with Crippen molar-refractivity contribution in [3.05, 3.63) is 30.3 Å². The Balaban J connectivity index is 1.81. The fourth-order valence-electron chi connectivity index (χ4n) is 2.31. The van der Waals surface area contributed by atoms with Gasteiger partial charge in [-0.25, -0.2) is 4.79 Å². The van der Waals surface area contributed by atoms with E-state index in [1.807, 2.05) is 30.3 Å². The lowest BCUT2D eigenvalue weighted by Gasteiger charge is -2.26. The first-order valence-electron chi connectivity index (χ1n) is 6.26. The molecule has 0 aromatic heterocycles. The van der Waals surface area contributed by atoms with Gasteiger partial charge in [0, 0.05) is 5.69 Å². The minimum Gasteiger partial charge on any atom is -0.446 e. The van der Waals surface area contributed by atoms with E-state index >= 15 is 0 Å². The third-order valence-electron chi connectivity index (χ3n) is 3.18. The molecule has 0 saturated heterocycles. The molecule has 17 heavy (non-hydrogen) atoms. The predicted octanol–water partition coefficient (Wildman–Crippen LogP) is 3.81. The number of anilines is 1. The molecule has 1 aromatic rings. The molecule has 3 heteroatoms. The Kier molecular flexibility index (Phi) is 4.02. The van der Waals surface area contributed by atoms with Gasteiger partial charge in [0.1, 0.15) is 6.10 Å². The van der Waals surface area contributed by atoms with Gasteiger partial charge in [-0.3, -0.25) is 5.32 Å². The van der Waals surface area contributed by atoms with Gasteiger partial charge >= 0.3 is 6.09 Å². The minimum absolute atomic E-state index is 0.0856. The molecule has 1 aliphatic rings. The number of hydrogen-bond donors (Lipinski definition) is 1.